The Balaban J connectivity index is 1.74. The molecule has 0 saturated heterocycles. The fourth-order valence-electron chi connectivity index (χ4n) is 4.79. The summed E-state index contributed by atoms with van der Waals surface area (Å²) in [5, 5.41) is 3.78. The van der Waals surface area contributed by atoms with Crippen molar-refractivity contribution in [2.45, 2.75) is 75.8 Å². The van der Waals surface area contributed by atoms with E-state index in [9.17, 15) is 4.79 Å². The SMILES string of the molecule is COC(=O)C1(NC2CCCCCC2)CC2CCC1C2. The minimum absolute atomic E-state index is 0.00365. The molecule has 0 heterocycles. The number of methoxy groups -OCH3 is 1. The zero-order chi connectivity index (χ0) is 13.3. The normalized spacial score (nSPS) is 39.2. The smallest absolute Gasteiger partial charge is 0.326 e. The highest BCUT2D eigenvalue weighted by Crippen LogP contribution is 2.51. The number of ether oxygens (including phenoxy) is 1. The van der Waals surface area contributed by atoms with Gasteiger partial charge in [0.2, 0.25) is 0 Å². The molecular weight excluding hydrogens is 238 g/mol. The third-order valence-corrected chi connectivity index (χ3v) is 5.72. The number of carbonyl (C=O) groups excluding carboxylic acids is 1. The number of fused-ring (bicyclic) bond motifs is 2. The van der Waals surface area contributed by atoms with Crippen molar-refractivity contribution < 1.29 is 9.53 Å². The van der Waals surface area contributed by atoms with Crippen LogP contribution in [0.25, 0.3) is 0 Å². The van der Waals surface area contributed by atoms with Crippen LogP contribution in [0, 0.1) is 11.8 Å². The van der Waals surface area contributed by atoms with E-state index >= 15 is 0 Å². The summed E-state index contributed by atoms with van der Waals surface area (Å²) in [5.74, 6) is 1.28. The minimum Gasteiger partial charge on any atom is -0.468 e. The maximum absolute atomic E-state index is 12.4. The summed E-state index contributed by atoms with van der Waals surface area (Å²) in [5.41, 5.74) is -0.341. The van der Waals surface area contributed by atoms with Gasteiger partial charge in [0.05, 0.1) is 7.11 Å². The first kappa shape index (κ1) is 13.4. The van der Waals surface area contributed by atoms with Crippen molar-refractivity contribution in [1.29, 1.82) is 0 Å². The molecule has 0 aromatic carbocycles. The third-order valence-electron chi connectivity index (χ3n) is 5.72. The van der Waals surface area contributed by atoms with Crippen molar-refractivity contribution >= 4 is 5.97 Å². The van der Waals surface area contributed by atoms with E-state index in [-0.39, 0.29) is 11.5 Å². The highest BCUT2D eigenvalue weighted by molar-refractivity contribution is 5.82. The van der Waals surface area contributed by atoms with Crippen molar-refractivity contribution in [2.75, 3.05) is 7.11 Å². The maximum atomic E-state index is 12.4. The molecule has 0 aromatic heterocycles. The van der Waals surface area contributed by atoms with E-state index in [1.165, 1.54) is 57.8 Å². The molecule has 0 spiro atoms. The second-order valence-corrected chi connectivity index (χ2v) is 6.88. The van der Waals surface area contributed by atoms with Gasteiger partial charge in [-0.1, -0.05) is 32.1 Å². The maximum Gasteiger partial charge on any atom is 0.326 e. The monoisotopic (exact) mass is 265 g/mol. The van der Waals surface area contributed by atoms with Crippen molar-refractivity contribution in [2.24, 2.45) is 11.8 Å². The number of esters is 1. The van der Waals surface area contributed by atoms with Gasteiger partial charge in [-0.2, -0.15) is 0 Å². The van der Waals surface area contributed by atoms with Crippen LogP contribution in [0.5, 0.6) is 0 Å². The summed E-state index contributed by atoms with van der Waals surface area (Å²) in [6.07, 6.45) is 12.6. The van der Waals surface area contributed by atoms with Gasteiger partial charge in [0.1, 0.15) is 5.54 Å². The van der Waals surface area contributed by atoms with Crippen molar-refractivity contribution in [3.8, 4) is 0 Å². The Morgan fingerprint density at radius 2 is 1.84 bits per heavy atom. The molecule has 108 valence electrons. The Kier molecular flexibility index (Phi) is 3.84. The fraction of sp³-hybridized carbons (Fsp3) is 0.938. The zero-order valence-corrected chi connectivity index (χ0v) is 12.1. The van der Waals surface area contributed by atoms with E-state index in [0.29, 0.717) is 12.0 Å². The summed E-state index contributed by atoms with van der Waals surface area (Å²) >= 11 is 0. The molecule has 0 radical (unpaired) electrons. The van der Waals surface area contributed by atoms with E-state index in [4.69, 9.17) is 4.74 Å². The summed E-state index contributed by atoms with van der Waals surface area (Å²) in [6, 6.07) is 0.529. The number of hydrogen-bond donors (Lipinski definition) is 1. The van der Waals surface area contributed by atoms with Crippen LogP contribution < -0.4 is 5.32 Å². The summed E-state index contributed by atoms with van der Waals surface area (Å²) < 4.78 is 5.16. The number of hydrogen-bond acceptors (Lipinski definition) is 3. The van der Waals surface area contributed by atoms with Gasteiger partial charge in [0.25, 0.3) is 0 Å². The van der Waals surface area contributed by atoms with E-state index in [2.05, 4.69) is 5.32 Å². The first-order valence-corrected chi connectivity index (χ1v) is 8.11. The Labute approximate surface area is 116 Å². The lowest BCUT2D eigenvalue weighted by Gasteiger charge is -2.39. The average molecular weight is 265 g/mol. The van der Waals surface area contributed by atoms with Gasteiger partial charge in [0, 0.05) is 6.04 Å². The van der Waals surface area contributed by atoms with Gasteiger partial charge >= 0.3 is 5.97 Å². The van der Waals surface area contributed by atoms with Crippen LogP contribution in [0.4, 0.5) is 0 Å². The molecule has 3 fully saturated rings. The summed E-state index contributed by atoms with van der Waals surface area (Å²) in [4.78, 5) is 12.4. The van der Waals surface area contributed by atoms with Crippen LogP contribution in [0.3, 0.4) is 0 Å². The van der Waals surface area contributed by atoms with Gasteiger partial charge < -0.3 is 4.74 Å². The standard InChI is InChI=1S/C16H27NO2/c1-19-15(18)16(11-12-8-9-13(16)10-12)17-14-6-4-2-3-5-7-14/h12-14,17H,2-11H2,1H3. The number of carbonyl (C=O) groups is 1. The minimum atomic E-state index is -0.341. The van der Waals surface area contributed by atoms with Crippen LogP contribution in [-0.4, -0.2) is 24.7 Å². The lowest BCUT2D eigenvalue weighted by atomic mass is 9.80. The van der Waals surface area contributed by atoms with Gasteiger partial charge in [-0.25, -0.2) is 0 Å². The Morgan fingerprint density at radius 3 is 2.37 bits per heavy atom. The Hall–Kier alpha value is -0.570. The molecule has 3 heteroatoms. The molecular formula is C16H27NO2. The summed E-state index contributed by atoms with van der Waals surface area (Å²) in [7, 11) is 1.55. The van der Waals surface area contributed by atoms with Crippen LogP contribution in [0.1, 0.15) is 64.2 Å². The predicted octanol–water partition coefficient (Wildman–Crippen LogP) is 3.03. The second-order valence-electron chi connectivity index (χ2n) is 6.88. The second kappa shape index (κ2) is 5.43. The van der Waals surface area contributed by atoms with Gasteiger partial charge in [-0.05, 0) is 43.9 Å². The highest BCUT2D eigenvalue weighted by Gasteiger charge is 2.56. The third kappa shape index (κ3) is 2.42. The van der Waals surface area contributed by atoms with E-state index < -0.39 is 0 Å². The largest absolute Gasteiger partial charge is 0.468 e. The molecule has 3 aliphatic carbocycles. The molecule has 3 unspecified atom stereocenters. The summed E-state index contributed by atoms with van der Waals surface area (Å²) in [6.45, 7) is 0. The van der Waals surface area contributed by atoms with Crippen LogP contribution in [-0.2, 0) is 9.53 Å². The Morgan fingerprint density at radius 1 is 1.11 bits per heavy atom. The van der Waals surface area contributed by atoms with E-state index in [1.807, 2.05) is 0 Å². The lowest BCUT2D eigenvalue weighted by molar-refractivity contribution is -0.151. The Bertz CT molecular complexity index is 336. The van der Waals surface area contributed by atoms with Crippen LogP contribution in [0.15, 0.2) is 0 Å². The zero-order valence-electron chi connectivity index (χ0n) is 12.1. The molecule has 3 rings (SSSR count). The quantitative estimate of drug-likeness (QED) is 0.629. The molecule has 0 aromatic rings. The van der Waals surface area contributed by atoms with Crippen molar-refractivity contribution in [1.82, 2.24) is 5.32 Å². The molecule has 2 bridgehead atoms. The molecule has 0 aliphatic heterocycles. The van der Waals surface area contributed by atoms with Gasteiger partial charge in [0.15, 0.2) is 0 Å². The molecule has 19 heavy (non-hydrogen) atoms. The van der Waals surface area contributed by atoms with E-state index in [0.717, 1.165) is 12.3 Å². The molecule has 3 atom stereocenters. The fourth-order valence-corrected chi connectivity index (χ4v) is 4.79. The number of nitrogens with one attached hydrogen (secondary N) is 1. The van der Waals surface area contributed by atoms with Gasteiger partial charge in [-0.3, -0.25) is 10.1 Å². The van der Waals surface area contributed by atoms with Crippen LogP contribution in [0.2, 0.25) is 0 Å². The first-order chi connectivity index (χ1) is 9.24. The molecule has 1 N–H and O–H groups in total. The predicted molar refractivity (Wildman–Crippen MR) is 74.8 cm³/mol. The van der Waals surface area contributed by atoms with E-state index in [1.54, 1.807) is 7.11 Å². The van der Waals surface area contributed by atoms with Crippen molar-refractivity contribution in [3.63, 3.8) is 0 Å². The van der Waals surface area contributed by atoms with Crippen LogP contribution >= 0.6 is 0 Å². The van der Waals surface area contributed by atoms with Crippen molar-refractivity contribution in [3.05, 3.63) is 0 Å². The highest BCUT2D eigenvalue weighted by atomic mass is 16.5. The average Bonchev–Trinajstić information content (AvgIpc) is 2.93. The number of rotatable bonds is 3. The molecule has 0 amide bonds. The first-order valence-electron chi connectivity index (χ1n) is 8.11. The molecule has 3 aliphatic rings. The lowest BCUT2D eigenvalue weighted by Crippen LogP contribution is -2.59. The van der Waals surface area contributed by atoms with Gasteiger partial charge in [-0.15, -0.1) is 0 Å². The molecule has 3 nitrogen and oxygen atoms in total. The topological polar surface area (TPSA) is 38.3 Å². The molecule has 3 saturated carbocycles.